The van der Waals surface area contributed by atoms with E-state index in [-0.39, 0.29) is 12.5 Å². The summed E-state index contributed by atoms with van der Waals surface area (Å²) in [6.07, 6.45) is 4.78. The van der Waals surface area contributed by atoms with Gasteiger partial charge in [0.1, 0.15) is 5.75 Å². The van der Waals surface area contributed by atoms with Gasteiger partial charge in [-0.15, -0.1) is 0 Å². The molecule has 2 bridgehead atoms. The molecule has 5 atom stereocenters. The van der Waals surface area contributed by atoms with E-state index in [9.17, 15) is 13.2 Å². The van der Waals surface area contributed by atoms with Gasteiger partial charge in [-0.3, -0.25) is 4.79 Å². The molecule has 4 aliphatic rings. The molecule has 166 valence electrons. The number of amides is 1. The van der Waals surface area contributed by atoms with Crippen molar-refractivity contribution in [1.82, 2.24) is 10.2 Å². The van der Waals surface area contributed by atoms with Gasteiger partial charge in [-0.1, -0.05) is 34.1 Å². The minimum Gasteiger partial charge on any atom is -0.497 e. The normalized spacial score (nSPS) is 38.9. The summed E-state index contributed by atoms with van der Waals surface area (Å²) in [6.45, 7) is 0.0451. The Hall–Kier alpha value is -1.98. The van der Waals surface area contributed by atoms with Gasteiger partial charge < -0.3 is 19.7 Å². The fraction of sp³-hybridized carbons (Fsp3) is 0.450. The van der Waals surface area contributed by atoms with Gasteiger partial charge in [0.2, 0.25) is 5.91 Å². The number of allylic oxidation sites excluding steroid dienone is 2. The zero-order chi connectivity index (χ0) is 22.2. The molecule has 2 saturated heterocycles. The van der Waals surface area contributed by atoms with Crippen molar-refractivity contribution in [3.05, 3.63) is 54.3 Å². The van der Waals surface area contributed by atoms with Crippen LogP contribution in [0.4, 0.5) is 8.78 Å². The molecular formula is C20H19BrF2N2O5S. The molecule has 7 nitrogen and oxygen atoms in total. The van der Waals surface area contributed by atoms with Crippen LogP contribution in [0.2, 0.25) is 0 Å². The number of methoxy groups -OCH3 is 1. The number of alkyl halides is 3. The van der Waals surface area contributed by atoms with Crippen LogP contribution in [0.3, 0.4) is 0 Å². The molecule has 2 spiro atoms. The third-order valence-corrected chi connectivity index (χ3v) is 9.80. The highest BCUT2D eigenvalue weighted by Gasteiger charge is 2.86. The lowest BCUT2D eigenvalue weighted by Gasteiger charge is -2.42. The first-order valence-corrected chi connectivity index (χ1v) is 12.0. The second-order valence-corrected chi connectivity index (χ2v) is 11.2. The van der Waals surface area contributed by atoms with E-state index in [1.165, 1.54) is 30.4 Å². The topological polar surface area (TPSA) is 84.9 Å². The number of nitrogens with one attached hydrogen (secondary N) is 1. The number of hydrogen-bond acceptors (Lipinski definition) is 6. The van der Waals surface area contributed by atoms with Gasteiger partial charge in [0.15, 0.2) is 5.60 Å². The Morgan fingerprint density at radius 3 is 2.58 bits per heavy atom. The van der Waals surface area contributed by atoms with Crippen molar-refractivity contribution < 1.29 is 31.5 Å². The second-order valence-electron chi connectivity index (χ2n) is 8.06. The predicted octanol–water partition coefficient (Wildman–Crippen LogP) is 2.29. The van der Waals surface area contributed by atoms with Crippen molar-refractivity contribution >= 4 is 31.7 Å². The molecule has 3 aliphatic heterocycles. The van der Waals surface area contributed by atoms with Crippen LogP contribution in [0.5, 0.6) is 5.75 Å². The van der Waals surface area contributed by atoms with Gasteiger partial charge in [0, 0.05) is 17.6 Å². The van der Waals surface area contributed by atoms with Gasteiger partial charge in [-0.25, -0.2) is 8.42 Å². The number of ether oxygens (including phenoxy) is 2. The van der Waals surface area contributed by atoms with E-state index >= 15 is 8.78 Å². The molecule has 31 heavy (non-hydrogen) atoms. The van der Waals surface area contributed by atoms with Crippen LogP contribution in [0.15, 0.2) is 48.7 Å². The lowest BCUT2D eigenvalue weighted by molar-refractivity contribution is -0.201. The molecule has 5 rings (SSSR count). The predicted molar refractivity (Wildman–Crippen MR) is 110 cm³/mol. The molecule has 1 amide bonds. The van der Waals surface area contributed by atoms with Gasteiger partial charge in [0.05, 0.1) is 19.1 Å². The first kappa shape index (κ1) is 20.9. The Morgan fingerprint density at radius 1 is 1.29 bits per heavy atom. The van der Waals surface area contributed by atoms with Gasteiger partial charge in [0.25, 0.3) is 14.9 Å². The van der Waals surface area contributed by atoms with Crippen LogP contribution in [-0.2, 0) is 25.9 Å². The number of carbonyl (C=O) groups is 1. The number of dihydropyridines is 1. The molecule has 1 aliphatic carbocycles. The Bertz CT molecular complexity index is 1110. The van der Waals surface area contributed by atoms with Gasteiger partial charge in [-0.2, -0.15) is 8.78 Å². The largest absolute Gasteiger partial charge is 0.497 e. The third kappa shape index (κ3) is 2.45. The number of sulfone groups is 1. The summed E-state index contributed by atoms with van der Waals surface area (Å²) in [5.41, 5.74) is -1.68. The summed E-state index contributed by atoms with van der Waals surface area (Å²) in [7, 11) is -3.60. The standard InChI is InChI=1S/C20H19BrF2N2O5S/c1-29-13-6-4-12(5-7-13)11-25-16-15(21)14(17(25)26)10-18(16)20(22,23)31(27,28)19(30-18)8-2-3-9-24-19/h2-9,14-16,24H,10-11H2,1H3. The lowest BCUT2D eigenvalue weighted by atomic mass is 9.91. The Balaban J connectivity index is 1.56. The summed E-state index contributed by atoms with van der Waals surface area (Å²) in [5, 5.41) is -4.13. The van der Waals surface area contributed by atoms with Crippen LogP contribution < -0.4 is 10.1 Å². The van der Waals surface area contributed by atoms with E-state index in [2.05, 4.69) is 21.2 Å². The monoisotopic (exact) mass is 516 g/mol. The van der Waals surface area contributed by atoms with Crippen LogP contribution in [-0.4, -0.2) is 53.1 Å². The van der Waals surface area contributed by atoms with E-state index in [1.807, 2.05) is 0 Å². The van der Waals surface area contributed by atoms with Crippen LogP contribution >= 0.6 is 15.9 Å². The first-order chi connectivity index (χ1) is 14.6. The maximum absolute atomic E-state index is 15.7. The quantitative estimate of drug-likeness (QED) is 0.620. The first-order valence-electron chi connectivity index (χ1n) is 9.62. The van der Waals surface area contributed by atoms with E-state index in [4.69, 9.17) is 9.47 Å². The molecule has 1 saturated carbocycles. The van der Waals surface area contributed by atoms with Crippen LogP contribution in [0.1, 0.15) is 12.0 Å². The molecule has 1 aromatic rings. The van der Waals surface area contributed by atoms with E-state index in [1.54, 1.807) is 24.3 Å². The minimum absolute atomic E-state index is 0.0451. The zero-order valence-corrected chi connectivity index (χ0v) is 18.7. The number of benzene rings is 1. The Kier molecular flexibility index (Phi) is 4.39. The number of nitrogens with zero attached hydrogens (tertiary/aromatic N) is 1. The second kappa shape index (κ2) is 6.52. The van der Waals surface area contributed by atoms with E-state index in [0.717, 1.165) is 6.08 Å². The summed E-state index contributed by atoms with van der Waals surface area (Å²) in [6, 6.07) is 5.71. The molecule has 1 N–H and O–H groups in total. The molecule has 5 unspecified atom stereocenters. The highest BCUT2D eigenvalue weighted by Crippen LogP contribution is 2.64. The maximum atomic E-state index is 15.7. The summed E-state index contributed by atoms with van der Waals surface area (Å²) in [5.74, 6) is -0.504. The van der Waals surface area contributed by atoms with Crippen molar-refractivity contribution in [2.45, 2.75) is 39.7 Å². The van der Waals surface area contributed by atoms with Gasteiger partial charge >= 0.3 is 5.25 Å². The number of halogens is 3. The van der Waals surface area contributed by atoms with E-state index in [0.29, 0.717) is 11.3 Å². The van der Waals surface area contributed by atoms with Crippen molar-refractivity contribution in [2.75, 3.05) is 7.11 Å². The van der Waals surface area contributed by atoms with Crippen molar-refractivity contribution in [2.24, 2.45) is 5.92 Å². The Morgan fingerprint density at radius 2 is 2.00 bits per heavy atom. The summed E-state index contributed by atoms with van der Waals surface area (Å²) >= 11 is 3.39. The fourth-order valence-electron chi connectivity index (χ4n) is 5.01. The smallest absolute Gasteiger partial charge is 0.381 e. The highest BCUT2D eigenvalue weighted by atomic mass is 79.9. The number of piperidine rings is 1. The Labute approximate surface area is 186 Å². The van der Waals surface area contributed by atoms with Crippen molar-refractivity contribution in [3.8, 4) is 5.75 Å². The molecule has 0 radical (unpaired) electrons. The fourth-order valence-corrected chi connectivity index (χ4v) is 7.96. The lowest BCUT2D eigenvalue weighted by Crippen LogP contribution is -2.62. The number of rotatable bonds is 3. The minimum atomic E-state index is -5.13. The number of fused-ring (bicyclic) bond motifs is 3. The number of likely N-dealkylation sites (tertiary alicyclic amines) is 1. The zero-order valence-electron chi connectivity index (χ0n) is 16.3. The highest BCUT2D eigenvalue weighted by molar-refractivity contribution is 9.09. The average Bonchev–Trinajstić information content (AvgIpc) is 3.20. The molecule has 3 heterocycles. The van der Waals surface area contributed by atoms with Crippen LogP contribution in [0, 0.1) is 5.92 Å². The molecular weight excluding hydrogens is 498 g/mol. The van der Waals surface area contributed by atoms with Crippen molar-refractivity contribution in [3.63, 3.8) is 0 Å². The average molecular weight is 517 g/mol. The summed E-state index contributed by atoms with van der Waals surface area (Å²) in [4.78, 5) is 13.6. The maximum Gasteiger partial charge on any atom is 0.381 e. The van der Waals surface area contributed by atoms with Crippen molar-refractivity contribution in [1.29, 1.82) is 0 Å². The third-order valence-electron chi connectivity index (χ3n) is 6.51. The van der Waals surface area contributed by atoms with Gasteiger partial charge in [-0.05, 0) is 36.3 Å². The van der Waals surface area contributed by atoms with Crippen LogP contribution in [0.25, 0.3) is 0 Å². The summed E-state index contributed by atoms with van der Waals surface area (Å²) < 4.78 is 68.3. The molecule has 3 fully saturated rings. The SMILES string of the molecule is COc1ccc(CN2C(=O)C3CC4(OC5(C=CC=CN5)S(=O)(=O)C4(F)F)C2C3Br)cc1. The molecule has 11 heteroatoms. The molecule has 1 aromatic carbocycles. The number of carbonyl (C=O) groups excluding carboxylic acids is 1. The number of hydrogen-bond donors (Lipinski definition) is 1. The molecule has 0 aromatic heterocycles. The van der Waals surface area contributed by atoms with E-state index < -0.39 is 49.0 Å².